The van der Waals surface area contributed by atoms with E-state index in [4.69, 9.17) is 5.73 Å². The highest BCUT2D eigenvalue weighted by molar-refractivity contribution is 5.39. The second-order valence-corrected chi connectivity index (χ2v) is 4.63. The predicted octanol–water partition coefficient (Wildman–Crippen LogP) is 2.61. The molecule has 0 aliphatic heterocycles. The van der Waals surface area contributed by atoms with Crippen LogP contribution >= 0.6 is 0 Å². The van der Waals surface area contributed by atoms with Crippen molar-refractivity contribution in [2.75, 3.05) is 13.1 Å². The first-order valence-electron chi connectivity index (χ1n) is 6.07. The van der Waals surface area contributed by atoms with Crippen molar-refractivity contribution in [3.8, 4) is 0 Å². The van der Waals surface area contributed by atoms with Gasteiger partial charge >= 0.3 is 0 Å². The molecule has 0 saturated heterocycles. The van der Waals surface area contributed by atoms with Crippen molar-refractivity contribution in [1.29, 1.82) is 0 Å². The Morgan fingerprint density at radius 2 is 1.75 bits per heavy atom. The molecular formula is C14H24N2. The SMILES string of the molecule is Cc1cc(C)c(C(C)NCCCN)c(C)c1. The second kappa shape index (κ2) is 6.02. The maximum absolute atomic E-state index is 5.49. The number of hydrogen-bond donors (Lipinski definition) is 2. The summed E-state index contributed by atoms with van der Waals surface area (Å²) in [5.74, 6) is 0. The highest BCUT2D eigenvalue weighted by atomic mass is 14.9. The van der Waals surface area contributed by atoms with Crippen LogP contribution in [0.2, 0.25) is 0 Å². The molecule has 1 aromatic rings. The lowest BCUT2D eigenvalue weighted by Crippen LogP contribution is -2.23. The molecule has 0 heterocycles. The van der Waals surface area contributed by atoms with E-state index >= 15 is 0 Å². The Bertz CT molecular complexity index is 322. The summed E-state index contributed by atoms with van der Waals surface area (Å²) in [4.78, 5) is 0. The Morgan fingerprint density at radius 3 is 2.25 bits per heavy atom. The van der Waals surface area contributed by atoms with E-state index < -0.39 is 0 Å². The maximum Gasteiger partial charge on any atom is 0.0297 e. The summed E-state index contributed by atoms with van der Waals surface area (Å²) in [6.07, 6.45) is 1.04. The van der Waals surface area contributed by atoms with Gasteiger partial charge in [-0.05, 0) is 63.9 Å². The van der Waals surface area contributed by atoms with Crippen molar-refractivity contribution in [3.63, 3.8) is 0 Å². The van der Waals surface area contributed by atoms with Crippen LogP contribution in [0.1, 0.15) is 41.6 Å². The second-order valence-electron chi connectivity index (χ2n) is 4.63. The molecule has 1 atom stereocenters. The Balaban J connectivity index is 2.78. The van der Waals surface area contributed by atoms with E-state index in [1.165, 1.54) is 22.3 Å². The minimum Gasteiger partial charge on any atom is -0.330 e. The van der Waals surface area contributed by atoms with Crippen LogP contribution in [-0.4, -0.2) is 13.1 Å². The van der Waals surface area contributed by atoms with Crippen molar-refractivity contribution < 1.29 is 0 Å². The molecule has 0 aliphatic rings. The van der Waals surface area contributed by atoms with Crippen molar-refractivity contribution in [2.24, 2.45) is 5.73 Å². The first-order chi connectivity index (χ1) is 7.56. The third-order valence-corrected chi connectivity index (χ3v) is 3.00. The summed E-state index contributed by atoms with van der Waals surface area (Å²) in [5, 5.41) is 3.52. The van der Waals surface area contributed by atoms with E-state index in [0.717, 1.165) is 19.5 Å². The summed E-state index contributed by atoms with van der Waals surface area (Å²) in [6, 6.07) is 4.92. The first kappa shape index (κ1) is 13.2. The van der Waals surface area contributed by atoms with Crippen LogP contribution < -0.4 is 11.1 Å². The van der Waals surface area contributed by atoms with Crippen LogP contribution in [0.5, 0.6) is 0 Å². The van der Waals surface area contributed by atoms with Gasteiger partial charge in [-0.15, -0.1) is 0 Å². The Hall–Kier alpha value is -0.860. The van der Waals surface area contributed by atoms with Gasteiger partial charge in [0.05, 0.1) is 0 Å². The highest BCUT2D eigenvalue weighted by Gasteiger charge is 2.10. The van der Waals surface area contributed by atoms with Gasteiger partial charge in [0.25, 0.3) is 0 Å². The fraction of sp³-hybridized carbons (Fsp3) is 0.571. The maximum atomic E-state index is 5.49. The lowest BCUT2D eigenvalue weighted by molar-refractivity contribution is 0.557. The molecule has 0 aliphatic carbocycles. The van der Waals surface area contributed by atoms with Gasteiger partial charge in [-0.2, -0.15) is 0 Å². The number of benzene rings is 1. The molecule has 0 spiro atoms. The molecule has 16 heavy (non-hydrogen) atoms. The van der Waals surface area contributed by atoms with Gasteiger partial charge in [-0.25, -0.2) is 0 Å². The van der Waals surface area contributed by atoms with Gasteiger partial charge < -0.3 is 11.1 Å². The molecule has 1 unspecified atom stereocenters. The van der Waals surface area contributed by atoms with Gasteiger partial charge in [0.1, 0.15) is 0 Å². The minimum absolute atomic E-state index is 0.409. The highest BCUT2D eigenvalue weighted by Crippen LogP contribution is 2.23. The summed E-state index contributed by atoms with van der Waals surface area (Å²) < 4.78 is 0. The smallest absolute Gasteiger partial charge is 0.0297 e. The zero-order chi connectivity index (χ0) is 12.1. The molecule has 0 radical (unpaired) electrons. The van der Waals surface area contributed by atoms with E-state index in [1.54, 1.807) is 0 Å². The third kappa shape index (κ3) is 3.32. The molecule has 1 rings (SSSR count). The molecule has 2 heteroatoms. The van der Waals surface area contributed by atoms with Gasteiger partial charge in [-0.3, -0.25) is 0 Å². The zero-order valence-electron chi connectivity index (χ0n) is 10.9. The van der Waals surface area contributed by atoms with E-state index in [2.05, 4.69) is 45.1 Å². The molecular weight excluding hydrogens is 196 g/mol. The van der Waals surface area contributed by atoms with Gasteiger partial charge in [0, 0.05) is 6.04 Å². The number of rotatable bonds is 5. The van der Waals surface area contributed by atoms with Crippen molar-refractivity contribution in [3.05, 3.63) is 34.4 Å². The van der Waals surface area contributed by atoms with Crippen LogP contribution in [0.3, 0.4) is 0 Å². The topological polar surface area (TPSA) is 38.0 Å². The first-order valence-corrected chi connectivity index (χ1v) is 6.07. The van der Waals surface area contributed by atoms with E-state index in [9.17, 15) is 0 Å². The summed E-state index contributed by atoms with van der Waals surface area (Å²) >= 11 is 0. The van der Waals surface area contributed by atoms with Crippen LogP contribution in [0.4, 0.5) is 0 Å². The van der Waals surface area contributed by atoms with Crippen LogP contribution in [0.25, 0.3) is 0 Å². The van der Waals surface area contributed by atoms with Crippen molar-refractivity contribution in [2.45, 2.75) is 40.2 Å². The molecule has 90 valence electrons. The molecule has 0 amide bonds. The van der Waals surface area contributed by atoms with Gasteiger partial charge in [0.2, 0.25) is 0 Å². The minimum atomic E-state index is 0.409. The lowest BCUT2D eigenvalue weighted by atomic mass is 9.95. The van der Waals surface area contributed by atoms with E-state index in [-0.39, 0.29) is 0 Å². The predicted molar refractivity (Wildman–Crippen MR) is 70.7 cm³/mol. The Kier molecular flexibility index (Phi) is 4.97. The van der Waals surface area contributed by atoms with Crippen LogP contribution in [0, 0.1) is 20.8 Å². The number of aryl methyl sites for hydroxylation is 3. The average Bonchev–Trinajstić information content (AvgIpc) is 2.16. The van der Waals surface area contributed by atoms with E-state index in [1.807, 2.05) is 0 Å². The summed E-state index contributed by atoms with van der Waals surface area (Å²) in [7, 11) is 0. The molecule has 0 saturated carbocycles. The molecule has 0 bridgehead atoms. The average molecular weight is 220 g/mol. The number of hydrogen-bond acceptors (Lipinski definition) is 2. The summed E-state index contributed by atoms with van der Waals surface area (Å²) in [6.45, 7) is 10.5. The quantitative estimate of drug-likeness (QED) is 0.749. The standard InChI is InChI=1S/C14H24N2/c1-10-8-11(2)14(12(3)9-10)13(4)16-7-5-6-15/h8-9,13,16H,5-7,15H2,1-4H3. The Morgan fingerprint density at radius 1 is 1.19 bits per heavy atom. The van der Waals surface area contributed by atoms with Gasteiger partial charge in [0.15, 0.2) is 0 Å². The molecule has 3 N–H and O–H groups in total. The normalized spacial score (nSPS) is 12.8. The largest absolute Gasteiger partial charge is 0.330 e. The lowest BCUT2D eigenvalue weighted by Gasteiger charge is -2.19. The third-order valence-electron chi connectivity index (χ3n) is 3.00. The fourth-order valence-electron chi connectivity index (χ4n) is 2.40. The Labute approximate surface area is 99.2 Å². The van der Waals surface area contributed by atoms with Gasteiger partial charge in [-0.1, -0.05) is 17.7 Å². The number of nitrogens with one attached hydrogen (secondary N) is 1. The number of nitrogens with two attached hydrogens (primary N) is 1. The van der Waals surface area contributed by atoms with Crippen LogP contribution in [0.15, 0.2) is 12.1 Å². The van der Waals surface area contributed by atoms with Crippen molar-refractivity contribution >= 4 is 0 Å². The van der Waals surface area contributed by atoms with Crippen molar-refractivity contribution in [1.82, 2.24) is 5.32 Å². The fourth-order valence-corrected chi connectivity index (χ4v) is 2.40. The molecule has 0 fully saturated rings. The van der Waals surface area contributed by atoms with E-state index in [0.29, 0.717) is 6.04 Å². The van der Waals surface area contributed by atoms with Crippen LogP contribution in [-0.2, 0) is 0 Å². The molecule has 1 aromatic carbocycles. The zero-order valence-corrected chi connectivity index (χ0v) is 10.9. The monoisotopic (exact) mass is 220 g/mol. The molecule has 2 nitrogen and oxygen atoms in total. The summed E-state index contributed by atoms with van der Waals surface area (Å²) in [5.41, 5.74) is 11.0. The molecule has 0 aromatic heterocycles.